The Bertz CT molecular complexity index is 454. The summed E-state index contributed by atoms with van der Waals surface area (Å²) in [5.41, 5.74) is 0. The Balaban J connectivity index is 2.33. The van der Waals surface area contributed by atoms with Gasteiger partial charge in [0.25, 0.3) is 0 Å². The summed E-state index contributed by atoms with van der Waals surface area (Å²) >= 11 is 2.04. The van der Waals surface area contributed by atoms with Gasteiger partial charge in [-0.2, -0.15) is 4.31 Å². The van der Waals surface area contributed by atoms with E-state index < -0.39 is 10.0 Å². The molecule has 1 aromatic heterocycles. The van der Waals surface area contributed by atoms with Crippen LogP contribution in [0.25, 0.3) is 0 Å². The molecule has 6 nitrogen and oxygen atoms in total. The van der Waals surface area contributed by atoms with Gasteiger partial charge in [-0.3, -0.25) is 4.57 Å². The van der Waals surface area contributed by atoms with Gasteiger partial charge >= 0.3 is 0 Å². The van der Waals surface area contributed by atoms with E-state index in [0.717, 1.165) is 9.66 Å². The van der Waals surface area contributed by atoms with Crippen molar-refractivity contribution in [2.45, 2.75) is 13.1 Å². The van der Waals surface area contributed by atoms with Crippen LogP contribution in [-0.4, -0.2) is 40.3 Å². The SMILES string of the molecule is CS(=O)(=O)N1CCc2nnc(I)n2C1. The van der Waals surface area contributed by atoms with Gasteiger partial charge in [0.15, 0.2) is 3.83 Å². The van der Waals surface area contributed by atoms with Gasteiger partial charge in [0, 0.05) is 35.6 Å². The fraction of sp³-hybridized carbons (Fsp3) is 0.667. The lowest BCUT2D eigenvalue weighted by molar-refractivity contribution is 0.308. The Morgan fingerprint density at radius 3 is 2.79 bits per heavy atom. The number of hydrogen-bond acceptors (Lipinski definition) is 4. The van der Waals surface area contributed by atoms with Gasteiger partial charge in [0.2, 0.25) is 10.0 Å². The molecule has 1 aromatic rings. The Labute approximate surface area is 95.5 Å². The lowest BCUT2D eigenvalue weighted by Crippen LogP contribution is -2.38. The van der Waals surface area contributed by atoms with Crippen molar-refractivity contribution in [3.8, 4) is 0 Å². The zero-order valence-corrected chi connectivity index (χ0v) is 10.5. The molecule has 0 saturated heterocycles. The zero-order chi connectivity index (χ0) is 10.3. The standard InChI is InChI=1S/C6H9IN4O2S/c1-14(12,13)10-3-2-5-8-9-6(7)11(5)4-10/h2-4H2,1H3. The summed E-state index contributed by atoms with van der Waals surface area (Å²) < 4.78 is 26.6. The number of aromatic nitrogens is 3. The first-order chi connectivity index (χ1) is 6.48. The molecule has 8 heteroatoms. The molecular weight excluding hydrogens is 319 g/mol. The second-order valence-electron chi connectivity index (χ2n) is 3.14. The molecule has 0 unspecified atom stereocenters. The quantitative estimate of drug-likeness (QED) is 0.662. The minimum Gasteiger partial charge on any atom is -0.292 e. The fourth-order valence-electron chi connectivity index (χ4n) is 1.36. The van der Waals surface area contributed by atoms with Crippen LogP contribution in [0.3, 0.4) is 0 Å². The van der Waals surface area contributed by atoms with Crippen LogP contribution >= 0.6 is 22.6 Å². The van der Waals surface area contributed by atoms with Crippen LogP contribution in [0.5, 0.6) is 0 Å². The Hall–Kier alpha value is -0.220. The second kappa shape index (κ2) is 3.42. The molecule has 0 fully saturated rings. The third kappa shape index (κ3) is 1.77. The highest BCUT2D eigenvalue weighted by Crippen LogP contribution is 2.15. The number of nitrogens with zero attached hydrogens (tertiary/aromatic N) is 4. The molecule has 0 aliphatic carbocycles. The summed E-state index contributed by atoms with van der Waals surface area (Å²) in [5, 5.41) is 7.85. The van der Waals surface area contributed by atoms with E-state index in [1.54, 1.807) is 0 Å². The Morgan fingerprint density at radius 2 is 2.14 bits per heavy atom. The molecule has 0 atom stereocenters. The van der Waals surface area contributed by atoms with Crippen LogP contribution in [0, 0.1) is 3.83 Å². The number of rotatable bonds is 1. The van der Waals surface area contributed by atoms with Gasteiger partial charge in [-0.1, -0.05) is 0 Å². The molecule has 0 amide bonds. The number of fused-ring (bicyclic) bond motifs is 1. The van der Waals surface area contributed by atoms with E-state index in [0.29, 0.717) is 19.6 Å². The van der Waals surface area contributed by atoms with Crippen molar-refractivity contribution < 1.29 is 8.42 Å². The minimum absolute atomic E-state index is 0.333. The van der Waals surface area contributed by atoms with Crippen LogP contribution in [0.1, 0.15) is 5.82 Å². The van der Waals surface area contributed by atoms with Crippen LogP contribution in [0.4, 0.5) is 0 Å². The van der Waals surface area contributed by atoms with Crippen LogP contribution in [-0.2, 0) is 23.1 Å². The normalized spacial score (nSPS) is 18.1. The molecule has 0 radical (unpaired) electrons. The van der Waals surface area contributed by atoms with Crippen molar-refractivity contribution in [1.29, 1.82) is 0 Å². The molecule has 1 aliphatic rings. The molecule has 14 heavy (non-hydrogen) atoms. The predicted molar refractivity (Wildman–Crippen MR) is 58.0 cm³/mol. The van der Waals surface area contributed by atoms with Crippen molar-refractivity contribution >= 4 is 32.6 Å². The zero-order valence-electron chi connectivity index (χ0n) is 7.51. The third-order valence-corrected chi connectivity index (χ3v) is 4.17. The van der Waals surface area contributed by atoms with Crippen molar-refractivity contribution in [3.05, 3.63) is 9.66 Å². The van der Waals surface area contributed by atoms with Gasteiger partial charge in [0.05, 0.1) is 12.9 Å². The molecule has 2 rings (SSSR count). The highest BCUT2D eigenvalue weighted by molar-refractivity contribution is 14.1. The van der Waals surface area contributed by atoms with Crippen molar-refractivity contribution in [2.24, 2.45) is 0 Å². The molecule has 0 aromatic carbocycles. The van der Waals surface area contributed by atoms with E-state index in [2.05, 4.69) is 10.2 Å². The lowest BCUT2D eigenvalue weighted by Gasteiger charge is -2.25. The van der Waals surface area contributed by atoms with Gasteiger partial charge in [-0.25, -0.2) is 8.42 Å². The topological polar surface area (TPSA) is 68.1 Å². The van der Waals surface area contributed by atoms with E-state index in [9.17, 15) is 8.42 Å². The number of hydrogen-bond donors (Lipinski definition) is 0. The fourth-order valence-corrected chi connectivity index (χ4v) is 2.65. The summed E-state index contributed by atoms with van der Waals surface area (Å²) in [4.78, 5) is 0. The maximum absolute atomic E-state index is 11.3. The van der Waals surface area contributed by atoms with E-state index in [-0.39, 0.29) is 0 Å². The molecule has 0 N–H and O–H groups in total. The Morgan fingerprint density at radius 1 is 1.43 bits per heavy atom. The van der Waals surface area contributed by atoms with Crippen molar-refractivity contribution in [3.63, 3.8) is 0 Å². The number of halogens is 1. The largest absolute Gasteiger partial charge is 0.292 e. The smallest absolute Gasteiger partial charge is 0.212 e. The first kappa shape index (κ1) is 10.3. The average molecular weight is 328 g/mol. The van der Waals surface area contributed by atoms with Crippen LogP contribution < -0.4 is 0 Å². The van der Waals surface area contributed by atoms with E-state index in [4.69, 9.17) is 0 Å². The van der Waals surface area contributed by atoms with Gasteiger partial charge in [0.1, 0.15) is 5.82 Å². The first-order valence-corrected chi connectivity index (χ1v) is 6.94. The van der Waals surface area contributed by atoms with Crippen molar-refractivity contribution in [2.75, 3.05) is 12.8 Å². The monoisotopic (exact) mass is 328 g/mol. The third-order valence-electron chi connectivity index (χ3n) is 2.14. The summed E-state index contributed by atoms with van der Waals surface area (Å²) in [6.45, 7) is 0.826. The highest BCUT2D eigenvalue weighted by atomic mass is 127. The molecule has 1 aliphatic heterocycles. The lowest BCUT2D eigenvalue weighted by atomic mass is 10.3. The average Bonchev–Trinajstić information content (AvgIpc) is 2.46. The maximum Gasteiger partial charge on any atom is 0.212 e. The first-order valence-electron chi connectivity index (χ1n) is 4.01. The van der Waals surface area contributed by atoms with E-state index >= 15 is 0 Å². The Kier molecular flexibility index (Phi) is 2.52. The van der Waals surface area contributed by atoms with Gasteiger partial charge in [-0.15, -0.1) is 10.2 Å². The second-order valence-corrected chi connectivity index (χ2v) is 6.09. The molecular formula is C6H9IN4O2S. The molecule has 0 saturated carbocycles. The summed E-state index contributed by atoms with van der Waals surface area (Å²) in [5.74, 6) is 0.856. The van der Waals surface area contributed by atoms with Crippen molar-refractivity contribution in [1.82, 2.24) is 19.1 Å². The van der Waals surface area contributed by atoms with Gasteiger partial charge < -0.3 is 0 Å². The molecule has 78 valence electrons. The van der Waals surface area contributed by atoms with Gasteiger partial charge in [-0.05, 0) is 0 Å². The van der Waals surface area contributed by atoms with Crippen LogP contribution in [0.2, 0.25) is 0 Å². The highest BCUT2D eigenvalue weighted by Gasteiger charge is 2.25. The van der Waals surface area contributed by atoms with E-state index in [1.165, 1.54) is 10.6 Å². The summed E-state index contributed by atoms with van der Waals surface area (Å²) in [6.07, 6.45) is 1.85. The summed E-state index contributed by atoms with van der Waals surface area (Å²) in [7, 11) is -3.11. The molecule has 0 spiro atoms. The maximum atomic E-state index is 11.3. The van der Waals surface area contributed by atoms with E-state index in [1.807, 2.05) is 27.2 Å². The minimum atomic E-state index is -3.11. The molecule has 2 heterocycles. The number of sulfonamides is 1. The predicted octanol–water partition coefficient (Wildman–Crippen LogP) is -0.342. The summed E-state index contributed by atoms with van der Waals surface area (Å²) in [6, 6.07) is 0. The molecule has 0 bridgehead atoms. The van der Waals surface area contributed by atoms with Crippen LogP contribution in [0.15, 0.2) is 0 Å².